The fraction of sp³-hybridized carbons (Fsp3) is 0.471. The lowest BCUT2D eigenvalue weighted by Crippen LogP contribution is -2.41. The molecule has 0 aliphatic carbocycles. The van der Waals surface area contributed by atoms with Crippen molar-refractivity contribution in [3.05, 3.63) is 30.1 Å². The van der Waals surface area contributed by atoms with Crippen LogP contribution in [0.25, 0.3) is 11.5 Å². The van der Waals surface area contributed by atoms with Crippen LogP contribution in [0.5, 0.6) is 0 Å². The second-order valence-electron chi connectivity index (χ2n) is 6.35. The third-order valence-corrected chi connectivity index (χ3v) is 4.85. The van der Waals surface area contributed by atoms with Crippen molar-refractivity contribution >= 4 is 11.7 Å². The van der Waals surface area contributed by atoms with Gasteiger partial charge in [-0.05, 0) is 30.5 Å². The van der Waals surface area contributed by atoms with Gasteiger partial charge < -0.3 is 20.1 Å². The van der Waals surface area contributed by atoms with Gasteiger partial charge in [-0.15, -0.1) is 0 Å². The first-order chi connectivity index (χ1) is 11.7. The molecule has 0 spiro atoms. The Kier molecular flexibility index (Phi) is 3.93. The highest BCUT2D eigenvalue weighted by molar-refractivity contribution is 5.90. The van der Waals surface area contributed by atoms with E-state index in [1.807, 2.05) is 36.1 Å². The zero-order chi connectivity index (χ0) is 16.5. The molecule has 2 N–H and O–H groups in total. The molecule has 3 heterocycles. The molecule has 0 radical (unpaired) electrons. The molecule has 2 fully saturated rings. The van der Waals surface area contributed by atoms with Gasteiger partial charge >= 0.3 is 6.03 Å². The van der Waals surface area contributed by atoms with Crippen molar-refractivity contribution in [2.24, 2.45) is 5.92 Å². The summed E-state index contributed by atoms with van der Waals surface area (Å²) < 4.78 is 5.27. The molecule has 7 heteroatoms. The summed E-state index contributed by atoms with van der Waals surface area (Å²) in [6.45, 7) is 4.71. The van der Waals surface area contributed by atoms with Crippen LogP contribution < -0.4 is 10.6 Å². The van der Waals surface area contributed by atoms with Gasteiger partial charge in [-0.2, -0.15) is 4.98 Å². The van der Waals surface area contributed by atoms with Crippen LogP contribution in [0, 0.1) is 5.92 Å². The van der Waals surface area contributed by atoms with Gasteiger partial charge in [-0.1, -0.05) is 18.1 Å². The van der Waals surface area contributed by atoms with E-state index in [0.29, 0.717) is 23.7 Å². The minimum Gasteiger partial charge on any atom is -0.334 e. The van der Waals surface area contributed by atoms with E-state index < -0.39 is 0 Å². The van der Waals surface area contributed by atoms with Crippen LogP contribution >= 0.6 is 0 Å². The SMILES string of the molecule is CCc1noc(-c2cccc(NC(=O)N3CC[C@@H]4CNC[C@@H]43)c2)n1. The summed E-state index contributed by atoms with van der Waals surface area (Å²) in [5.41, 5.74) is 1.55. The van der Waals surface area contributed by atoms with Crippen molar-refractivity contribution in [3.63, 3.8) is 0 Å². The Balaban J connectivity index is 1.48. The van der Waals surface area contributed by atoms with Crippen LogP contribution in [-0.4, -0.2) is 46.7 Å². The van der Waals surface area contributed by atoms with E-state index in [0.717, 1.165) is 43.7 Å². The van der Waals surface area contributed by atoms with Crippen LogP contribution in [0.2, 0.25) is 0 Å². The molecular weight excluding hydrogens is 306 g/mol. The number of fused-ring (bicyclic) bond motifs is 1. The second-order valence-corrected chi connectivity index (χ2v) is 6.35. The van der Waals surface area contributed by atoms with Crippen LogP contribution in [0.1, 0.15) is 19.2 Å². The normalized spacial score (nSPS) is 22.6. The summed E-state index contributed by atoms with van der Waals surface area (Å²) in [6, 6.07) is 7.80. The van der Waals surface area contributed by atoms with Gasteiger partial charge in [0.05, 0.1) is 0 Å². The van der Waals surface area contributed by atoms with Crippen molar-refractivity contribution in [1.29, 1.82) is 0 Å². The Morgan fingerprint density at radius 1 is 1.46 bits per heavy atom. The van der Waals surface area contributed by atoms with E-state index in [9.17, 15) is 4.79 Å². The standard InChI is InChI=1S/C17H21N5O2/c1-2-15-20-16(24-21-15)11-4-3-5-13(8-11)19-17(23)22-7-6-12-9-18-10-14(12)22/h3-5,8,12,14,18H,2,6-7,9-10H2,1H3,(H,19,23)/t12-,14+/m1/s1. The molecule has 2 saturated heterocycles. The Labute approximate surface area is 140 Å². The van der Waals surface area contributed by atoms with E-state index in [4.69, 9.17) is 4.52 Å². The van der Waals surface area contributed by atoms with Gasteiger partial charge in [0.15, 0.2) is 5.82 Å². The minimum absolute atomic E-state index is 0.0388. The molecule has 2 aliphatic rings. The van der Waals surface area contributed by atoms with Crippen LogP contribution in [0.15, 0.2) is 28.8 Å². The number of rotatable bonds is 3. The van der Waals surface area contributed by atoms with Gasteiger partial charge in [-0.3, -0.25) is 0 Å². The highest BCUT2D eigenvalue weighted by Gasteiger charge is 2.39. The van der Waals surface area contributed by atoms with E-state index in [1.54, 1.807) is 0 Å². The molecule has 126 valence electrons. The van der Waals surface area contributed by atoms with Crippen LogP contribution in [-0.2, 0) is 6.42 Å². The maximum absolute atomic E-state index is 12.6. The van der Waals surface area contributed by atoms with Gasteiger partial charge in [0.2, 0.25) is 0 Å². The number of anilines is 1. The molecule has 0 bridgehead atoms. The number of benzene rings is 1. The van der Waals surface area contributed by atoms with Crippen molar-refractivity contribution < 1.29 is 9.32 Å². The predicted molar refractivity (Wildman–Crippen MR) is 89.6 cm³/mol. The highest BCUT2D eigenvalue weighted by atomic mass is 16.5. The molecule has 1 aromatic carbocycles. The zero-order valence-electron chi connectivity index (χ0n) is 13.7. The number of amides is 2. The molecule has 0 saturated carbocycles. The van der Waals surface area contributed by atoms with Gasteiger partial charge in [-0.25, -0.2) is 4.79 Å². The average molecular weight is 327 g/mol. The Hall–Kier alpha value is -2.41. The predicted octanol–water partition coefficient (Wildman–Crippen LogP) is 2.12. The monoisotopic (exact) mass is 327 g/mol. The number of urea groups is 1. The fourth-order valence-electron chi connectivity index (χ4n) is 3.54. The van der Waals surface area contributed by atoms with Gasteiger partial charge in [0.25, 0.3) is 5.89 Å². The Morgan fingerprint density at radius 2 is 2.38 bits per heavy atom. The lowest BCUT2D eigenvalue weighted by Gasteiger charge is -2.23. The van der Waals surface area contributed by atoms with E-state index in [2.05, 4.69) is 20.8 Å². The number of nitrogens with one attached hydrogen (secondary N) is 2. The largest absolute Gasteiger partial charge is 0.334 e. The minimum atomic E-state index is -0.0388. The molecule has 1 aromatic heterocycles. The van der Waals surface area contributed by atoms with Crippen molar-refractivity contribution in [1.82, 2.24) is 20.4 Å². The summed E-state index contributed by atoms with van der Waals surface area (Å²) >= 11 is 0. The molecule has 7 nitrogen and oxygen atoms in total. The van der Waals surface area contributed by atoms with Crippen molar-refractivity contribution in [2.75, 3.05) is 25.0 Å². The summed E-state index contributed by atoms with van der Waals surface area (Å²) in [5, 5.41) is 10.3. The van der Waals surface area contributed by atoms with E-state index in [1.165, 1.54) is 0 Å². The number of carbonyl (C=O) groups is 1. The van der Waals surface area contributed by atoms with E-state index in [-0.39, 0.29) is 6.03 Å². The Bertz CT molecular complexity index is 744. The molecular formula is C17H21N5O2. The van der Waals surface area contributed by atoms with Crippen LogP contribution in [0.4, 0.5) is 10.5 Å². The lowest BCUT2D eigenvalue weighted by atomic mass is 10.1. The summed E-state index contributed by atoms with van der Waals surface area (Å²) in [4.78, 5) is 18.9. The highest BCUT2D eigenvalue weighted by Crippen LogP contribution is 2.28. The third kappa shape index (κ3) is 2.75. The zero-order valence-corrected chi connectivity index (χ0v) is 13.7. The number of hydrogen-bond acceptors (Lipinski definition) is 5. The van der Waals surface area contributed by atoms with Gasteiger partial charge in [0, 0.05) is 43.3 Å². The maximum Gasteiger partial charge on any atom is 0.322 e. The van der Waals surface area contributed by atoms with Crippen LogP contribution in [0.3, 0.4) is 0 Å². The summed E-state index contributed by atoms with van der Waals surface area (Å²) in [6.07, 6.45) is 1.80. The molecule has 2 aliphatic heterocycles. The number of likely N-dealkylation sites (tertiary alicyclic amines) is 1. The lowest BCUT2D eigenvalue weighted by molar-refractivity contribution is 0.206. The van der Waals surface area contributed by atoms with E-state index >= 15 is 0 Å². The maximum atomic E-state index is 12.6. The number of nitrogens with zero attached hydrogens (tertiary/aromatic N) is 3. The molecule has 2 aromatic rings. The molecule has 24 heavy (non-hydrogen) atoms. The molecule has 2 amide bonds. The second kappa shape index (κ2) is 6.24. The topological polar surface area (TPSA) is 83.3 Å². The smallest absolute Gasteiger partial charge is 0.322 e. The molecule has 0 unspecified atom stereocenters. The summed E-state index contributed by atoms with van der Waals surface area (Å²) in [7, 11) is 0. The number of aromatic nitrogens is 2. The number of aryl methyl sites for hydroxylation is 1. The average Bonchev–Trinajstić information content (AvgIpc) is 3.31. The molecule has 2 atom stereocenters. The first kappa shape index (κ1) is 15.1. The first-order valence-corrected chi connectivity index (χ1v) is 8.46. The van der Waals surface area contributed by atoms with Gasteiger partial charge in [0.1, 0.15) is 0 Å². The first-order valence-electron chi connectivity index (χ1n) is 8.46. The number of hydrogen-bond donors (Lipinski definition) is 2. The fourth-order valence-corrected chi connectivity index (χ4v) is 3.54. The summed E-state index contributed by atoms with van der Waals surface area (Å²) in [5.74, 6) is 1.74. The van der Waals surface area contributed by atoms with Crippen molar-refractivity contribution in [2.45, 2.75) is 25.8 Å². The third-order valence-electron chi connectivity index (χ3n) is 4.85. The quantitative estimate of drug-likeness (QED) is 0.902. The van der Waals surface area contributed by atoms with Crippen molar-refractivity contribution in [3.8, 4) is 11.5 Å². The number of carbonyl (C=O) groups excluding carboxylic acids is 1. The molecule has 4 rings (SSSR count). The Morgan fingerprint density at radius 3 is 3.21 bits per heavy atom.